The normalized spacial score (nSPS) is 30.4. The van der Waals surface area contributed by atoms with Crippen LogP contribution in [0.1, 0.15) is 27.2 Å². The van der Waals surface area contributed by atoms with Crippen LogP contribution in [0.15, 0.2) is 0 Å². The van der Waals surface area contributed by atoms with Gasteiger partial charge in [-0.15, -0.1) is 0 Å². The van der Waals surface area contributed by atoms with Crippen LogP contribution in [0, 0.1) is 13.3 Å². The molecule has 1 saturated heterocycles. The largest absolute Gasteiger partial charge is 0.642 e. The zero-order valence-electron chi connectivity index (χ0n) is 8.63. The Morgan fingerprint density at radius 2 is 2.08 bits per heavy atom. The SMILES string of the molecule is CCC1C(=O)[N-]C1(C)C(C)=O.[CH3-].[Y]. The van der Waals surface area contributed by atoms with Crippen LogP contribution in [-0.2, 0) is 42.3 Å². The van der Waals surface area contributed by atoms with E-state index in [-0.39, 0.29) is 57.7 Å². The molecule has 1 aliphatic rings. The van der Waals surface area contributed by atoms with Crippen molar-refractivity contribution in [2.75, 3.05) is 0 Å². The van der Waals surface area contributed by atoms with Gasteiger partial charge in [0, 0.05) is 32.7 Å². The summed E-state index contributed by atoms with van der Waals surface area (Å²) in [5.74, 6) is -0.297. The van der Waals surface area contributed by atoms with Crippen LogP contribution < -0.4 is 0 Å². The Kier molecular flexibility index (Phi) is 6.29. The first-order chi connectivity index (χ1) is 5.02. The van der Waals surface area contributed by atoms with Crippen LogP contribution in [-0.4, -0.2) is 17.2 Å². The van der Waals surface area contributed by atoms with E-state index in [0.29, 0.717) is 6.42 Å². The van der Waals surface area contributed by atoms with Crippen molar-refractivity contribution in [3.05, 3.63) is 12.7 Å². The van der Waals surface area contributed by atoms with Gasteiger partial charge in [-0.2, -0.15) is 0 Å². The minimum atomic E-state index is -0.703. The van der Waals surface area contributed by atoms with E-state index in [1.807, 2.05) is 6.92 Å². The van der Waals surface area contributed by atoms with Crippen molar-refractivity contribution in [1.29, 1.82) is 0 Å². The molecule has 2 atom stereocenters. The molecule has 0 N–H and O–H groups in total. The van der Waals surface area contributed by atoms with Gasteiger partial charge >= 0.3 is 0 Å². The maximum absolute atomic E-state index is 11.0. The molecule has 4 heteroatoms. The summed E-state index contributed by atoms with van der Waals surface area (Å²) >= 11 is 0. The Labute approximate surface area is 105 Å². The first kappa shape index (κ1) is 15.7. The van der Waals surface area contributed by atoms with Gasteiger partial charge in [-0.3, -0.25) is 0 Å². The van der Waals surface area contributed by atoms with Gasteiger partial charge in [-0.25, -0.2) is 0 Å². The fraction of sp³-hybridized carbons (Fsp3) is 0.667. The van der Waals surface area contributed by atoms with E-state index >= 15 is 0 Å². The number of ketones is 1. The number of amides is 1. The van der Waals surface area contributed by atoms with Crippen LogP contribution in [0.2, 0.25) is 0 Å². The van der Waals surface area contributed by atoms with Crippen molar-refractivity contribution in [3.63, 3.8) is 0 Å². The predicted molar refractivity (Wildman–Crippen MR) is 47.6 cm³/mol. The number of β-lactam (4-membered cyclic amide) rings is 1. The minimum Gasteiger partial charge on any atom is -0.642 e. The molecular formula is C9H15NO2Y-2. The van der Waals surface area contributed by atoms with Gasteiger partial charge in [-0.1, -0.05) is 13.8 Å². The quantitative estimate of drug-likeness (QED) is 0.559. The third-order valence-electron chi connectivity index (χ3n) is 2.44. The molecule has 0 aromatic heterocycles. The van der Waals surface area contributed by atoms with Gasteiger partial charge in [0.2, 0.25) is 0 Å². The molecule has 1 fully saturated rings. The van der Waals surface area contributed by atoms with Crippen molar-refractivity contribution in [3.8, 4) is 0 Å². The first-order valence-electron chi connectivity index (χ1n) is 3.80. The number of carbonyl (C=O) groups is 2. The van der Waals surface area contributed by atoms with Crippen LogP contribution in [0.3, 0.4) is 0 Å². The van der Waals surface area contributed by atoms with Crippen LogP contribution in [0.4, 0.5) is 0 Å². The fourth-order valence-corrected chi connectivity index (χ4v) is 1.46. The fourth-order valence-electron chi connectivity index (χ4n) is 1.46. The third-order valence-corrected chi connectivity index (χ3v) is 2.44. The summed E-state index contributed by atoms with van der Waals surface area (Å²) in [6.07, 6.45) is 0.707. The maximum Gasteiger partial charge on any atom is 0.119 e. The summed E-state index contributed by atoms with van der Waals surface area (Å²) in [6.45, 7) is 5.11. The van der Waals surface area contributed by atoms with E-state index in [4.69, 9.17) is 0 Å². The number of carbonyl (C=O) groups excluding carboxylic acids is 2. The van der Waals surface area contributed by atoms with E-state index in [1.165, 1.54) is 6.92 Å². The van der Waals surface area contributed by atoms with Gasteiger partial charge in [0.15, 0.2) is 0 Å². The third kappa shape index (κ3) is 2.38. The summed E-state index contributed by atoms with van der Waals surface area (Å²) in [7, 11) is 0. The van der Waals surface area contributed by atoms with Gasteiger partial charge in [-0.05, 0) is 24.8 Å². The average molecular weight is 258 g/mol. The monoisotopic (exact) mass is 258 g/mol. The van der Waals surface area contributed by atoms with Gasteiger partial charge in [0.05, 0.1) is 5.91 Å². The molecule has 1 amide bonds. The zero-order chi connectivity index (χ0) is 8.65. The molecule has 1 heterocycles. The number of hydrogen-bond acceptors (Lipinski definition) is 2. The Bertz CT molecular complexity index is 218. The smallest absolute Gasteiger partial charge is 0.119 e. The molecule has 0 bridgehead atoms. The van der Waals surface area contributed by atoms with E-state index in [1.54, 1.807) is 6.92 Å². The van der Waals surface area contributed by atoms with Crippen molar-refractivity contribution in [2.24, 2.45) is 5.92 Å². The topological polar surface area (TPSA) is 48.2 Å². The second-order valence-corrected chi connectivity index (χ2v) is 3.11. The van der Waals surface area contributed by atoms with Crippen LogP contribution >= 0.6 is 0 Å². The molecule has 1 radical (unpaired) electrons. The summed E-state index contributed by atoms with van der Waals surface area (Å²) in [4.78, 5) is 21.9. The number of rotatable bonds is 2. The maximum atomic E-state index is 11.0. The predicted octanol–water partition coefficient (Wildman–Crippen LogP) is 1.72. The molecule has 0 aromatic carbocycles. The van der Waals surface area contributed by atoms with Crippen molar-refractivity contribution >= 4 is 11.7 Å². The summed E-state index contributed by atoms with van der Waals surface area (Å²) in [6, 6.07) is 0. The zero-order valence-corrected chi connectivity index (χ0v) is 11.5. The standard InChI is InChI=1S/C8H13NO2.CH3.Y/c1-4-6-7(11)9-8(6,3)5(2)10;;/h6H,4H2,1-3H3,(H,9,11);1H3;/q;-1;/p-1. The van der Waals surface area contributed by atoms with E-state index in [0.717, 1.165) is 0 Å². The average Bonchev–Trinajstić information content (AvgIpc) is 1.87. The van der Waals surface area contributed by atoms with Crippen LogP contribution in [0.5, 0.6) is 0 Å². The Morgan fingerprint density at radius 3 is 2.23 bits per heavy atom. The summed E-state index contributed by atoms with van der Waals surface area (Å²) in [5.41, 5.74) is -0.703. The summed E-state index contributed by atoms with van der Waals surface area (Å²) in [5, 5.41) is 3.72. The Morgan fingerprint density at radius 1 is 1.62 bits per heavy atom. The summed E-state index contributed by atoms with van der Waals surface area (Å²) < 4.78 is 0. The number of Topliss-reactive ketones (excluding diaryl/α,β-unsaturated/α-hetero) is 1. The number of hydrogen-bond donors (Lipinski definition) is 0. The molecule has 13 heavy (non-hydrogen) atoms. The van der Waals surface area contributed by atoms with Crippen molar-refractivity contribution in [1.82, 2.24) is 0 Å². The molecular weight excluding hydrogens is 243 g/mol. The molecule has 0 saturated carbocycles. The van der Waals surface area contributed by atoms with E-state index in [2.05, 4.69) is 5.32 Å². The molecule has 1 rings (SSSR count). The molecule has 1 aliphatic heterocycles. The molecule has 2 unspecified atom stereocenters. The van der Waals surface area contributed by atoms with Crippen molar-refractivity contribution in [2.45, 2.75) is 32.7 Å². The molecule has 0 spiro atoms. The Balaban J connectivity index is 0. The van der Waals surface area contributed by atoms with E-state index < -0.39 is 5.54 Å². The second kappa shape index (κ2) is 5.21. The van der Waals surface area contributed by atoms with Crippen molar-refractivity contribution < 1.29 is 42.3 Å². The van der Waals surface area contributed by atoms with Gasteiger partial charge < -0.3 is 22.3 Å². The van der Waals surface area contributed by atoms with E-state index in [9.17, 15) is 9.59 Å². The van der Waals surface area contributed by atoms with Crippen LogP contribution in [0.25, 0.3) is 5.32 Å². The first-order valence-corrected chi connectivity index (χ1v) is 3.80. The minimum absolute atomic E-state index is 0. The second-order valence-electron chi connectivity index (χ2n) is 3.11. The molecule has 0 aromatic rings. The molecule has 0 aliphatic carbocycles. The van der Waals surface area contributed by atoms with Gasteiger partial charge in [0.25, 0.3) is 0 Å². The Hall–Kier alpha value is 0.244. The molecule has 3 nitrogen and oxygen atoms in total. The van der Waals surface area contributed by atoms with Gasteiger partial charge in [0.1, 0.15) is 5.78 Å². The molecule has 73 valence electrons. The number of nitrogens with zero attached hydrogens (tertiary/aromatic N) is 1.